The van der Waals surface area contributed by atoms with Gasteiger partial charge in [-0.15, -0.1) is 0 Å². The van der Waals surface area contributed by atoms with Crippen LogP contribution in [0.3, 0.4) is 0 Å². The Morgan fingerprint density at radius 1 is 0.621 bits per heavy atom. The van der Waals surface area contributed by atoms with Crippen LogP contribution in [0.5, 0.6) is 0 Å². The minimum atomic E-state index is -4.03. The predicted molar refractivity (Wildman–Crippen MR) is 119 cm³/mol. The van der Waals surface area contributed by atoms with Gasteiger partial charge < -0.3 is 9.66 Å². The van der Waals surface area contributed by atoms with Gasteiger partial charge in [-0.1, -0.05) is 116 Å². The first-order chi connectivity index (χ1) is 13.5. The second-order valence-corrected chi connectivity index (χ2v) is 10.0. The molecule has 0 saturated carbocycles. The Labute approximate surface area is 224 Å². The first-order valence-corrected chi connectivity index (χ1v) is 13.6. The molecule has 0 saturated heterocycles. The molecule has 170 valence electrons. The molecule has 0 heterocycles. The Morgan fingerprint density at radius 2 is 0.931 bits per heavy atom. The molecular weight excluding hydrogens is 411 g/mol. The molecule has 0 aromatic carbocycles. The van der Waals surface area contributed by atoms with Crippen molar-refractivity contribution in [2.45, 2.75) is 141 Å². The first kappa shape index (κ1) is 32.7. The summed E-state index contributed by atoms with van der Waals surface area (Å²) < 4.78 is 31.5. The van der Waals surface area contributed by atoms with Gasteiger partial charge in [-0.25, -0.2) is 8.42 Å². The van der Waals surface area contributed by atoms with Gasteiger partial charge in [0, 0.05) is 5.75 Å². The maximum Gasteiger partial charge on any atom is 1.00 e. The normalized spacial score (nSPS) is 12.7. The maximum atomic E-state index is 10.5. The molecule has 1 atom stereocenters. The summed E-state index contributed by atoms with van der Waals surface area (Å²) in [5.41, 5.74) is 0. The van der Waals surface area contributed by atoms with E-state index in [4.69, 9.17) is 0 Å². The van der Waals surface area contributed by atoms with Crippen molar-refractivity contribution in [3.05, 3.63) is 0 Å². The zero-order valence-electron chi connectivity index (χ0n) is 19.5. The Balaban J connectivity index is 0. The molecule has 4 nitrogen and oxygen atoms in total. The molecule has 1 unspecified atom stereocenters. The molecule has 6 heteroatoms. The summed E-state index contributed by atoms with van der Waals surface area (Å²) in [6.45, 7) is 2.26. The summed E-state index contributed by atoms with van der Waals surface area (Å²) in [6.07, 6.45) is 23.2. The third kappa shape index (κ3) is 29.5. The van der Waals surface area contributed by atoms with Crippen molar-refractivity contribution in [2.24, 2.45) is 0 Å². The van der Waals surface area contributed by atoms with Gasteiger partial charge in [-0.05, 0) is 19.3 Å². The van der Waals surface area contributed by atoms with E-state index in [1.165, 1.54) is 64.2 Å². The van der Waals surface area contributed by atoms with Crippen molar-refractivity contribution in [2.75, 3.05) is 5.75 Å². The van der Waals surface area contributed by atoms with Crippen LogP contribution in [0.15, 0.2) is 0 Å². The van der Waals surface area contributed by atoms with E-state index in [1.54, 1.807) is 0 Å². The molecule has 1 N–H and O–H groups in total. The van der Waals surface area contributed by atoms with Gasteiger partial charge in [-0.3, -0.25) is 0 Å². The predicted octanol–water partition coefficient (Wildman–Crippen LogP) is 3.72. The molecule has 0 radical (unpaired) electrons. The molecule has 0 spiro atoms. The molecule has 0 amide bonds. The van der Waals surface area contributed by atoms with Crippen LogP contribution in [0.4, 0.5) is 0 Å². The summed E-state index contributed by atoms with van der Waals surface area (Å²) in [6, 6.07) is 0. The van der Waals surface area contributed by atoms with Crippen LogP contribution in [0.25, 0.3) is 0 Å². The van der Waals surface area contributed by atoms with Crippen molar-refractivity contribution in [3.63, 3.8) is 0 Å². The maximum absolute atomic E-state index is 10.5. The Hall–Kier alpha value is 1.51. The summed E-state index contributed by atoms with van der Waals surface area (Å²) in [7, 11) is -4.03. The summed E-state index contributed by atoms with van der Waals surface area (Å²) in [5.74, 6) is -0.224. The molecule has 0 rings (SSSR count). The topological polar surface area (TPSA) is 77.4 Å². The van der Waals surface area contributed by atoms with E-state index in [0.717, 1.165) is 57.8 Å². The zero-order valence-corrected chi connectivity index (χ0v) is 23.4. The van der Waals surface area contributed by atoms with Crippen molar-refractivity contribution in [3.8, 4) is 0 Å². The Morgan fingerprint density at radius 3 is 1.28 bits per heavy atom. The first-order valence-electron chi connectivity index (χ1n) is 12.1. The molecule has 0 aliphatic heterocycles. The molecule has 0 aliphatic carbocycles. The SMILES string of the molecule is CCCCCCCCCCCCCC(O)CCCCCCCCCS(=O)(=O)[O-].[K+]. The van der Waals surface area contributed by atoms with E-state index in [0.29, 0.717) is 6.42 Å². The molecule has 0 aromatic rings. The van der Waals surface area contributed by atoms with Crippen LogP contribution in [0, 0.1) is 0 Å². The molecule has 0 aromatic heterocycles. The van der Waals surface area contributed by atoms with E-state index < -0.39 is 10.1 Å². The number of hydrogen-bond acceptors (Lipinski definition) is 4. The average molecular weight is 459 g/mol. The second-order valence-electron chi connectivity index (χ2n) is 8.50. The smallest absolute Gasteiger partial charge is 0.748 e. The van der Waals surface area contributed by atoms with Gasteiger partial charge in [0.05, 0.1) is 16.2 Å². The summed E-state index contributed by atoms with van der Waals surface area (Å²) in [4.78, 5) is 0. The van der Waals surface area contributed by atoms with E-state index in [9.17, 15) is 18.1 Å². The molecular formula is C23H47KO4S. The monoisotopic (exact) mass is 458 g/mol. The van der Waals surface area contributed by atoms with E-state index in [2.05, 4.69) is 6.92 Å². The minimum absolute atomic E-state index is 0. The van der Waals surface area contributed by atoms with Gasteiger partial charge in [0.1, 0.15) is 0 Å². The fourth-order valence-corrected chi connectivity index (χ4v) is 4.29. The van der Waals surface area contributed by atoms with Crippen molar-refractivity contribution < 1.29 is 69.5 Å². The van der Waals surface area contributed by atoms with Crippen LogP contribution >= 0.6 is 0 Å². The fraction of sp³-hybridized carbons (Fsp3) is 1.00. The zero-order chi connectivity index (χ0) is 20.9. The molecule has 0 fully saturated rings. The quantitative estimate of drug-likeness (QED) is 0.152. The van der Waals surface area contributed by atoms with Crippen molar-refractivity contribution >= 4 is 10.1 Å². The van der Waals surface area contributed by atoms with Crippen LogP contribution in [-0.2, 0) is 10.1 Å². The summed E-state index contributed by atoms with van der Waals surface area (Å²) >= 11 is 0. The van der Waals surface area contributed by atoms with Crippen LogP contribution < -0.4 is 51.4 Å². The molecule has 29 heavy (non-hydrogen) atoms. The number of aliphatic hydroxyl groups is 1. The second kappa shape index (κ2) is 24.2. The van der Waals surface area contributed by atoms with E-state index in [1.807, 2.05) is 0 Å². The number of aliphatic hydroxyl groups excluding tert-OH is 1. The van der Waals surface area contributed by atoms with E-state index >= 15 is 0 Å². The minimum Gasteiger partial charge on any atom is -0.748 e. The Kier molecular flexibility index (Phi) is 27.2. The van der Waals surface area contributed by atoms with Gasteiger partial charge >= 0.3 is 51.4 Å². The number of rotatable bonds is 22. The number of hydrogen-bond donors (Lipinski definition) is 1. The third-order valence-electron chi connectivity index (χ3n) is 5.57. The van der Waals surface area contributed by atoms with Crippen LogP contribution in [-0.4, -0.2) is 29.9 Å². The molecule has 0 aliphatic rings. The number of unbranched alkanes of at least 4 members (excludes halogenated alkanes) is 16. The van der Waals surface area contributed by atoms with Gasteiger partial charge in [0.2, 0.25) is 0 Å². The Bertz CT molecular complexity index is 415. The van der Waals surface area contributed by atoms with Crippen molar-refractivity contribution in [1.82, 2.24) is 0 Å². The molecule has 0 bridgehead atoms. The fourth-order valence-electron chi connectivity index (χ4n) is 3.73. The standard InChI is InChI=1S/C23H48O4S.K/c1-2-3-4-5-6-7-8-9-11-14-17-20-23(24)21-18-15-12-10-13-16-19-22-28(25,26)27;/h23-24H,2-22H2,1H3,(H,25,26,27);/q;+1/p-1. The average Bonchev–Trinajstić information content (AvgIpc) is 2.64. The third-order valence-corrected chi connectivity index (χ3v) is 6.36. The summed E-state index contributed by atoms with van der Waals surface area (Å²) in [5, 5.41) is 10.1. The van der Waals surface area contributed by atoms with E-state index in [-0.39, 0.29) is 63.2 Å². The van der Waals surface area contributed by atoms with Crippen LogP contribution in [0.1, 0.15) is 135 Å². The van der Waals surface area contributed by atoms with Gasteiger partial charge in [0.25, 0.3) is 0 Å². The van der Waals surface area contributed by atoms with Crippen molar-refractivity contribution in [1.29, 1.82) is 0 Å². The van der Waals surface area contributed by atoms with Crippen LogP contribution in [0.2, 0.25) is 0 Å². The van der Waals surface area contributed by atoms with Gasteiger partial charge in [-0.2, -0.15) is 0 Å². The largest absolute Gasteiger partial charge is 1.00 e. The van der Waals surface area contributed by atoms with Gasteiger partial charge in [0.15, 0.2) is 0 Å².